The summed E-state index contributed by atoms with van der Waals surface area (Å²) in [6.07, 6.45) is 2.44. The van der Waals surface area contributed by atoms with Crippen LogP contribution in [-0.2, 0) is 19.1 Å². The largest absolute Gasteiger partial charge is 0.466 e. The maximum atomic E-state index is 11.8. The van der Waals surface area contributed by atoms with Gasteiger partial charge in [-0.1, -0.05) is 18.6 Å². The molecule has 0 amide bonds. The molecule has 0 aromatic carbocycles. The van der Waals surface area contributed by atoms with Gasteiger partial charge in [-0.3, -0.25) is 9.59 Å². The van der Waals surface area contributed by atoms with Gasteiger partial charge >= 0.3 is 11.9 Å². The molecule has 0 aromatic rings. The van der Waals surface area contributed by atoms with Crippen molar-refractivity contribution in [1.82, 2.24) is 0 Å². The fraction of sp³-hybridized carbons (Fsp3) is 0.714. The lowest BCUT2D eigenvalue weighted by Crippen LogP contribution is -2.30. The summed E-state index contributed by atoms with van der Waals surface area (Å²) in [6.45, 7) is 9.76. The van der Waals surface area contributed by atoms with Gasteiger partial charge in [-0.15, -0.1) is 0 Å². The number of esters is 2. The number of hydrogen-bond acceptors (Lipinski definition) is 4. The van der Waals surface area contributed by atoms with E-state index in [1.54, 1.807) is 20.8 Å². The molecule has 0 aromatic heterocycles. The van der Waals surface area contributed by atoms with Gasteiger partial charge < -0.3 is 9.47 Å². The Bertz CT molecular complexity index is 303. The van der Waals surface area contributed by atoms with Gasteiger partial charge in [0.1, 0.15) is 0 Å². The molecule has 0 aliphatic rings. The number of allylic oxidation sites excluding steroid dienone is 2. The lowest BCUT2D eigenvalue weighted by atomic mass is 9.90. The van der Waals surface area contributed by atoms with Crippen LogP contribution in [0.15, 0.2) is 11.6 Å². The molecule has 0 fully saturated rings. The minimum Gasteiger partial charge on any atom is -0.466 e. The highest BCUT2D eigenvalue weighted by atomic mass is 16.5. The molecule has 0 N–H and O–H groups in total. The highest BCUT2D eigenvalue weighted by Crippen LogP contribution is 2.20. The van der Waals surface area contributed by atoms with Crippen LogP contribution < -0.4 is 0 Å². The second-order valence-corrected chi connectivity index (χ2v) is 4.42. The van der Waals surface area contributed by atoms with Crippen molar-refractivity contribution in [3.8, 4) is 0 Å². The molecule has 104 valence electrons. The smallest absolute Gasteiger partial charge is 0.310 e. The number of rotatable bonds is 7. The number of ether oxygens (including phenoxy) is 2. The van der Waals surface area contributed by atoms with Crippen molar-refractivity contribution in [3.63, 3.8) is 0 Å². The van der Waals surface area contributed by atoms with Gasteiger partial charge in [-0.25, -0.2) is 0 Å². The summed E-state index contributed by atoms with van der Waals surface area (Å²) in [5.41, 5.74) is 1.11. The van der Waals surface area contributed by atoms with Crippen LogP contribution in [0.1, 0.15) is 41.0 Å². The fourth-order valence-electron chi connectivity index (χ4n) is 1.55. The van der Waals surface area contributed by atoms with E-state index in [2.05, 4.69) is 0 Å². The molecule has 0 saturated heterocycles. The average Bonchev–Trinajstić information content (AvgIpc) is 2.29. The van der Waals surface area contributed by atoms with Crippen molar-refractivity contribution in [1.29, 1.82) is 0 Å². The highest BCUT2D eigenvalue weighted by molar-refractivity contribution is 5.82. The predicted molar refractivity (Wildman–Crippen MR) is 70.0 cm³/mol. The summed E-state index contributed by atoms with van der Waals surface area (Å²) in [7, 11) is 0. The van der Waals surface area contributed by atoms with Gasteiger partial charge in [0.25, 0.3) is 0 Å². The first-order chi connectivity index (χ1) is 8.43. The van der Waals surface area contributed by atoms with E-state index in [1.165, 1.54) is 0 Å². The molecule has 0 aliphatic heterocycles. The van der Waals surface area contributed by atoms with Crippen LogP contribution in [-0.4, -0.2) is 25.2 Å². The zero-order chi connectivity index (χ0) is 14.1. The van der Waals surface area contributed by atoms with Crippen LogP contribution in [0, 0.1) is 11.8 Å². The van der Waals surface area contributed by atoms with Crippen LogP contribution >= 0.6 is 0 Å². The van der Waals surface area contributed by atoms with Crippen LogP contribution in [0.3, 0.4) is 0 Å². The predicted octanol–water partition coefficient (Wildman–Crippen LogP) is 2.72. The Kier molecular flexibility index (Phi) is 8.08. The standard InChI is InChI=1S/C14H24O4/c1-6-17-13(15)11(5)12(9-8-10(3)4)14(16)18-7-2/h8,11-12H,6-7,9H2,1-5H3. The first-order valence-electron chi connectivity index (χ1n) is 6.40. The summed E-state index contributed by atoms with van der Waals surface area (Å²) in [5, 5.41) is 0. The molecule has 0 bridgehead atoms. The first-order valence-corrected chi connectivity index (χ1v) is 6.40. The summed E-state index contributed by atoms with van der Waals surface area (Å²) in [4.78, 5) is 23.5. The van der Waals surface area contributed by atoms with Gasteiger partial charge in [-0.05, 0) is 34.1 Å². The Morgan fingerprint density at radius 3 is 2.00 bits per heavy atom. The zero-order valence-electron chi connectivity index (χ0n) is 12.0. The van der Waals surface area contributed by atoms with Crippen molar-refractivity contribution >= 4 is 11.9 Å². The molecule has 4 heteroatoms. The number of hydrogen-bond donors (Lipinski definition) is 0. The lowest BCUT2D eigenvalue weighted by molar-refractivity contribution is -0.159. The molecule has 2 atom stereocenters. The summed E-state index contributed by atoms with van der Waals surface area (Å²) in [6, 6.07) is 0. The third-order valence-electron chi connectivity index (χ3n) is 2.63. The van der Waals surface area contributed by atoms with Gasteiger partial charge in [0.05, 0.1) is 25.0 Å². The topological polar surface area (TPSA) is 52.6 Å². The molecule has 0 aliphatic carbocycles. The molecule has 4 nitrogen and oxygen atoms in total. The Morgan fingerprint density at radius 1 is 1.06 bits per heavy atom. The Hall–Kier alpha value is -1.32. The van der Waals surface area contributed by atoms with Gasteiger partial charge in [0, 0.05) is 0 Å². The van der Waals surface area contributed by atoms with Crippen molar-refractivity contribution in [2.24, 2.45) is 11.8 Å². The third kappa shape index (κ3) is 5.84. The lowest BCUT2D eigenvalue weighted by Gasteiger charge is -2.19. The molecule has 0 rings (SSSR count). The van der Waals surface area contributed by atoms with Crippen LogP contribution in [0.25, 0.3) is 0 Å². The van der Waals surface area contributed by atoms with Gasteiger partial charge in [0.15, 0.2) is 0 Å². The van der Waals surface area contributed by atoms with E-state index in [-0.39, 0.29) is 11.9 Å². The molecule has 0 heterocycles. The minimum atomic E-state index is -0.486. The van der Waals surface area contributed by atoms with Crippen LogP contribution in [0.4, 0.5) is 0 Å². The zero-order valence-corrected chi connectivity index (χ0v) is 12.0. The van der Waals surface area contributed by atoms with E-state index in [0.29, 0.717) is 19.6 Å². The maximum absolute atomic E-state index is 11.8. The first kappa shape index (κ1) is 16.7. The van der Waals surface area contributed by atoms with Gasteiger partial charge in [-0.2, -0.15) is 0 Å². The van der Waals surface area contributed by atoms with Crippen LogP contribution in [0.5, 0.6) is 0 Å². The average molecular weight is 256 g/mol. The van der Waals surface area contributed by atoms with E-state index in [0.717, 1.165) is 5.57 Å². The van der Waals surface area contributed by atoms with Crippen molar-refractivity contribution in [3.05, 3.63) is 11.6 Å². The number of carbonyl (C=O) groups is 2. The Labute approximate surface area is 109 Å². The van der Waals surface area contributed by atoms with Crippen molar-refractivity contribution in [2.45, 2.75) is 41.0 Å². The third-order valence-corrected chi connectivity index (χ3v) is 2.63. The summed E-state index contributed by atoms with van der Waals surface area (Å²) in [5.74, 6) is -1.65. The molecule has 2 unspecified atom stereocenters. The normalized spacial score (nSPS) is 13.4. The van der Waals surface area contributed by atoms with Crippen LogP contribution in [0.2, 0.25) is 0 Å². The quantitative estimate of drug-likeness (QED) is 0.519. The fourth-order valence-corrected chi connectivity index (χ4v) is 1.55. The summed E-state index contributed by atoms with van der Waals surface area (Å²) < 4.78 is 9.96. The van der Waals surface area contributed by atoms with E-state index in [1.807, 2.05) is 19.9 Å². The molecule has 0 spiro atoms. The Morgan fingerprint density at radius 2 is 1.56 bits per heavy atom. The summed E-state index contributed by atoms with van der Waals surface area (Å²) >= 11 is 0. The monoisotopic (exact) mass is 256 g/mol. The molecule has 0 saturated carbocycles. The van der Waals surface area contributed by atoms with Crippen molar-refractivity contribution < 1.29 is 19.1 Å². The Balaban J connectivity index is 4.78. The second-order valence-electron chi connectivity index (χ2n) is 4.42. The molecule has 0 radical (unpaired) electrons. The maximum Gasteiger partial charge on any atom is 0.310 e. The van der Waals surface area contributed by atoms with E-state index < -0.39 is 11.8 Å². The van der Waals surface area contributed by atoms with E-state index >= 15 is 0 Å². The second kappa shape index (κ2) is 8.72. The SMILES string of the molecule is CCOC(=O)C(C)C(CC=C(C)C)C(=O)OCC. The molecule has 18 heavy (non-hydrogen) atoms. The highest BCUT2D eigenvalue weighted by Gasteiger charge is 2.31. The molecular weight excluding hydrogens is 232 g/mol. The van der Waals surface area contributed by atoms with E-state index in [9.17, 15) is 9.59 Å². The van der Waals surface area contributed by atoms with E-state index in [4.69, 9.17) is 9.47 Å². The van der Waals surface area contributed by atoms with Gasteiger partial charge in [0.2, 0.25) is 0 Å². The minimum absolute atomic E-state index is 0.319. The number of carbonyl (C=O) groups excluding carboxylic acids is 2. The van der Waals surface area contributed by atoms with Crippen molar-refractivity contribution in [2.75, 3.05) is 13.2 Å². The molecular formula is C14H24O4.